The summed E-state index contributed by atoms with van der Waals surface area (Å²) >= 11 is 0. The van der Waals surface area contributed by atoms with Crippen molar-refractivity contribution in [2.45, 2.75) is 19.0 Å². The lowest BCUT2D eigenvalue weighted by Crippen LogP contribution is -2.44. The molecular weight excluding hydrogens is 316 g/mol. The summed E-state index contributed by atoms with van der Waals surface area (Å²) in [5.74, 6) is -0.173. The second-order valence-electron chi connectivity index (χ2n) is 6.45. The molecule has 0 spiro atoms. The maximum Gasteiger partial charge on any atom is 0.326 e. The van der Waals surface area contributed by atoms with Crippen molar-refractivity contribution in [1.82, 2.24) is 20.2 Å². The smallest absolute Gasteiger partial charge is 0.326 e. The van der Waals surface area contributed by atoms with Gasteiger partial charge in [-0.2, -0.15) is 0 Å². The summed E-state index contributed by atoms with van der Waals surface area (Å²) in [4.78, 5) is 27.2. The van der Waals surface area contributed by atoms with E-state index in [4.69, 9.17) is 0 Å². The van der Waals surface area contributed by atoms with Crippen LogP contribution in [0.1, 0.15) is 21.5 Å². The summed E-state index contributed by atoms with van der Waals surface area (Å²) in [6.45, 7) is 1.36. The zero-order valence-corrected chi connectivity index (χ0v) is 14.0. The Morgan fingerprint density at radius 3 is 2.84 bits per heavy atom. The third kappa shape index (κ3) is 2.85. The molecule has 1 unspecified atom stereocenters. The van der Waals surface area contributed by atoms with Crippen LogP contribution in [-0.4, -0.2) is 28.0 Å². The predicted octanol–water partition coefficient (Wildman–Crippen LogP) is 1.31. The van der Waals surface area contributed by atoms with Crippen molar-refractivity contribution in [2.75, 3.05) is 6.54 Å². The van der Waals surface area contributed by atoms with E-state index in [1.165, 1.54) is 15.7 Å². The number of aromatic nitrogens is 2. The minimum atomic E-state index is -0.221. The summed E-state index contributed by atoms with van der Waals surface area (Å²) in [5.41, 5.74) is 4.22. The number of aromatic amines is 1. The number of fused-ring (bicyclic) bond motifs is 2. The molecule has 1 amide bonds. The number of carbonyl (C=O) groups is 1. The van der Waals surface area contributed by atoms with Crippen LogP contribution in [0.25, 0.3) is 11.0 Å². The topological polar surface area (TPSA) is 78.9 Å². The quantitative estimate of drug-likeness (QED) is 0.675. The van der Waals surface area contributed by atoms with Gasteiger partial charge in [-0.3, -0.25) is 9.36 Å². The standard InChI is InChI=1S/C19H20N4O2/c1-23-16-8-4-7-15(17(16)22-19(23)25)18(24)21-11-14-9-12-5-2-3-6-13(12)10-20-14/h2-8,14,20H,9-11H2,1H3,(H,21,24)(H,22,25). The first-order valence-electron chi connectivity index (χ1n) is 8.39. The molecule has 0 saturated carbocycles. The molecule has 0 saturated heterocycles. The number of amides is 1. The summed E-state index contributed by atoms with van der Waals surface area (Å²) < 4.78 is 1.51. The highest BCUT2D eigenvalue weighted by atomic mass is 16.2. The van der Waals surface area contributed by atoms with Crippen molar-refractivity contribution >= 4 is 16.9 Å². The first-order valence-corrected chi connectivity index (χ1v) is 8.39. The minimum absolute atomic E-state index is 0.173. The number of benzene rings is 2. The Bertz CT molecular complexity index is 1000. The van der Waals surface area contributed by atoms with E-state index in [0.29, 0.717) is 17.6 Å². The molecule has 4 rings (SSSR count). The lowest BCUT2D eigenvalue weighted by Gasteiger charge is -2.26. The summed E-state index contributed by atoms with van der Waals surface area (Å²) in [7, 11) is 1.69. The van der Waals surface area contributed by atoms with Gasteiger partial charge < -0.3 is 15.6 Å². The Kier molecular flexibility index (Phi) is 3.89. The van der Waals surface area contributed by atoms with Crippen LogP contribution in [0.15, 0.2) is 47.3 Å². The third-order valence-electron chi connectivity index (χ3n) is 4.86. The summed E-state index contributed by atoms with van der Waals surface area (Å²) in [6, 6.07) is 13.9. The van der Waals surface area contributed by atoms with E-state index >= 15 is 0 Å². The molecule has 2 heterocycles. The van der Waals surface area contributed by atoms with Crippen molar-refractivity contribution in [3.63, 3.8) is 0 Å². The lowest BCUT2D eigenvalue weighted by molar-refractivity contribution is 0.0950. The number of hydrogen-bond acceptors (Lipinski definition) is 3. The van der Waals surface area contributed by atoms with Crippen molar-refractivity contribution < 1.29 is 4.79 Å². The van der Waals surface area contributed by atoms with Gasteiger partial charge in [-0.25, -0.2) is 4.79 Å². The van der Waals surface area contributed by atoms with Crippen molar-refractivity contribution in [3.05, 3.63) is 69.6 Å². The molecule has 3 aromatic rings. The maximum atomic E-state index is 12.6. The second kappa shape index (κ2) is 6.22. The number of rotatable bonds is 3. The molecule has 25 heavy (non-hydrogen) atoms. The fraction of sp³-hybridized carbons (Fsp3) is 0.263. The fourth-order valence-electron chi connectivity index (χ4n) is 3.42. The van der Waals surface area contributed by atoms with E-state index in [0.717, 1.165) is 18.5 Å². The Labute approximate surface area is 144 Å². The number of aryl methyl sites for hydroxylation is 1. The molecule has 1 aromatic heterocycles. The molecule has 128 valence electrons. The average molecular weight is 336 g/mol. The van der Waals surface area contributed by atoms with Crippen molar-refractivity contribution in [2.24, 2.45) is 7.05 Å². The van der Waals surface area contributed by atoms with Gasteiger partial charge >= 0.3 is 5.69 Å². The molecule has 3 N–H and O–H groups in total. The largest absolute Gasteiger partial charge is 0.350 e. The number of H-pyrrole nitrogens is 1. The highest BCUT2D eigenvalue weighted by molar-refractivity contribution is 6.04. The Balaban J connectivity index is 1.49. The van der Waals surface area contributed by atoms with Crippen LogP contribution >= 0.6 is 0 Å². The van der Waals surface area contributed by atoms with Gasteiger partial charge in [0.05, 0.1) is 16.6 Å². The SMILES string of the molecule is Cn1c(=O)[nH]c2c(C(=O)NCC3Cc4ccccc4CN3)cccc21. The second-order valence-corrected chi connectivity index (χ2v) is 6.45. The highest BCUT2D eigenvalue weighted by Gasteiger charge is 2.19. The van der Waals surface area contributed by atoms with Crippen LogP contribution in [0.3, 0.4) is 0 Å². The first-order chi connectivity index (χ1) is 12.1. The molecule has 0 radical (unpaired) electrons. The summed E-state index contributed by atoms with van der Waals surface area (Å²) in [6.07, 6.45) is 0.892. The lowest BCUT2D eigenvalue weighted by atomic mass is 9.96. The number of para-hydroxylation sites is 1. The number of hydrogen-bond donors (Lipinski definition) is 3. The van der Waals surface area contributed by atoms with Gasteiger partial charge in [0.2, 0.25) is 0 Å². The molecule has 0 aliphatic carbocycles. The van der Waals surface area contributed by atoms with Crippen LogP contribution in [0.5, 0.6) is 0 Å². The van der Waals surface area contributed by atoms with Gasteiger partial charge in [-0.15, -0.1) is 0 Å². The van der Waals surface area contributed by atoms with Crippen LogP contribution < -0.4 is 16.3 Å². The Morgan fingerprint density at radius 2 is 2.00 bits per heavy atom. The van der Waals surface area contributed by atoms with E-state index in [1.807, 2.05) is 18.2 Å². The zero-order valence-electron chi connectivity index (χ0n) is 14.0. The highest BCUT2D eigenvalue weighted by Crippen LogP contribution is 2.17. The van der Waals surface area contributed by atoms with Crippen LogP contribution in [0, 0.1) is 0 Å². The average Bonchev–Trinajstić information content (AvgIpc) is 2.94. The third-order valence-corrected chi connectivity index (χ3v) is 4.86. The molecule has 1 aliphatic rings. The van der Waals surface area contributed by atoms with E-state index < -0.39 is 0 Å². The number of nitrogens with zero attached hydrogens (tertiary/aromatic N) is 1. The van der Waals surface area contributed by atoms with Crippen molar-refractivity contribution in [3.8, 4) is 0 Å². The van der Waals surface area contributed by atoms with E-state index in [9.17, 15) is 9.59 Å². The van der Waals surface area contributed by atoms with Gasteiger partial charge in [0, 0.05) is 26.2 Å². The van der Waals surface area contributed by atoms with Gasteiger partial charge in [0.15, 0.2) is 0 Å². The van der Waals surface area contributed by atoms with E-state index in [1.54, 1.807) is 19.2 Å². The zero-order chi connectivity index (χ0) is 17.4. The normalized spacial score (nSPS) is 16.6. The minimum Gasteiger partial charge on any atom is -0.350 e. The summed E-state index contributed by atoms with van der Waals surface area (Å²) in [5, 5.41) is 6.44. The molecule has 0 fully saturated rings. The number of nitrogens with one attached hydrogen (secondary N) is 3. The van der Waals surface area contributed by atoms with E-state index in [2.05, 4.69) is 27.8 Å². The molecule has 1 aliphatic heterocycles. The number of imidazole rings is 1. The molecule has 6 nitrogen and oxygen atoms in total. The molecule has 0 bridgehead atoms. The Morgan fingerprint density at radius 1 is 1.20 bits per heavy atom. The molecule has 6 heteroatoms. The van der Waals surface area contributed by atoms with Gasteiger partial charge in [-0.1, -0.05) is 30.3 Å². The van der Waals surface area contributed by atoms with Crippen LogP contribution in [-0.2, 0) is 20.0 Å². The van der Waals surface area contributed by atoms with Crippen LogP contribution in [0.2, 0.25) is 0 Å². The number of carbonyl (C=O) groups excluding carboxylic acids is 1. The fourth-order valence-corrected chi connectivity index (χ4v) is 3.42. The van der Waals surface area contributed by atoms with Crippen LogP contribution in [0.4, 0.5) is 0 Å². The van der Waals surface area contributed by atoms with Gasteiger partial charge in [-0.05, 0) is 29.7 Å². The van der Waals surface area contributed by atoms with Crippen molar-refractivity contribution in [1.29, 1.82) is 0 Å². The van der Waals surface area contributed by atoms with Gasteiger partial charge in [0.25, 0.3) is 5.91 Å². The monoisotopic (exact) mass is 336 g/mol. The predicted molar refractivity (Wildman–Crippen MR) is 96.6 cm³/mol. The molecule has 1 atom stereocenters. The molecular formula is C19H20N4O2. The molecule has 2 aromatic carbocycles. The Hall–Kier alpha value is -2.86. The first kappa shape index (κ1) is 15.7. The van der Waals surface area contributed by atoms with Gasteiger partial charge in [0.1, 0.15) is 0 Å². The maximum absolute atomic E-state index is 12.6. The van der Waals surface area contributed by atoms with E-state index in [-0.39, 0.29) is 17.6 Å².